The van der Waals surface area contributed by atoms with Crippen molar-refractivity contribution in [2.75, 3.05) is 6.54 Å². The van der Waals surface area contributed by atoms with Gasteiger partial charge in [0.25, 0.3) is 0 Å². The molecule has 84 valence electrons. The Kier molecular flexibility index (Phi) is 4.70. The van der Waals surface area contributed by atoms with Crippen LogP contribution in [-0.4, -0.2) is 11.7 Å². The smallest absolute Gasteiger partial charge is 0.137 e. The van der Waals surface area contributed by atoms with Crippen LogP contribution in [0.4, 0.5) is 4.39 Å². The van der Waals surface area contributed by atoms with Gasteiger partial charge in [-0.1, -0.05) is 13.0 Å². The second kappa shape index (κ2) is 5.58. The van der Waals surface area contributed by atoms with E-state index in [1.165, 1.54) is 6.07 Å². The van der Waals surface area contributed by atoms with E-state index in [-0.39, 0.29) is 11.7 Å². The number of nitrogens with two attached hydrogens (primary N) is 1. The fourth-order valence-corrected chi connectivity index (χ4v) is 1.88. The van der Waals surface area contributed by atoms with E-state index in [1.807, 2.05) is 6.92 Å². The van der Waals surface area contributed by atoms with Gasteiger partial charge < -0.3 is 10.8 Å². The molecule has 1 rings (SSSR count). The van der Waals surface area contributed by atoms with Crippen molar-refractivity contribution in [1.82, 2.24) is 0 Å². The normalized spacial score (nSPS) is 15.0. The van der Waals surface area contributed by atoms with E-state index in [0.717, 1.165) is 6.42 Å². The van der Waals surface area contributed by atoms with Crippen LogP contribution in [0.1, 0.15) is 25.0 Å². The average molecular weight is 276 g/mol. The predicted molar refractivity (Wildman–Crippen MR) is 61.9 cm³/mol. The molecular weight excluding hydrogens is 261 g/mol. The van der Waals surface area contributed by atoms with Crippen molar-refractivity contribution in [2.45, 2.75) is 19.4 Å². The van der Waals surface area contributed by atoms with E-state index in [0.29, 0.717) is 16.6 Å². The molecule has 0 saturated heterocycles. The highest BCUT2D eigenvalue weighted by molar-refractivity contribution is 9.10. The van der Waals surface area contributed by atoms with Gasteiger partial charge in [0.1, 0.15) is 5.82 Å². The third kappa shape index (κ3) is 3.00. The lowest BCUT2D eigenvalue weighted by atomic mass is 9.94. The lowest BCUT2D eigenvalue weighted by Crippen LogP contribution is -2.21. The zero-order valence-corrected chi connectivity index (χ0v) is 10.2. The van der Waals surface area contributed by atoms with E-state index in [2.05, 4.69) is 15.9 Å². The number of rotatable bonds is 4. The summed E-state index contributed by atoms with van der Waals surface area (Å²) in [7, 11) is 0. The molecule has 0 aliphatic carbocycles. The summed E-state index contributed by atoms with van der Waals surface area (Å²) in [5.41, 5.74) is 6.24. The molecule has 4 heteroatoms. The van der Waals surface area contributed by atoms with Crippen molar-refractivity contribution in [2.24, 2.45) is 11.7 Å². The van der Waals surface area contributed by atoms with Crippen molar-refractivity contribution in [1.29, 1.82) is 0 Å². The number of hydrogen-bond donors (Lipinski definition) is 2. The van der Waals surface area contributed by atoms with E-state index >= 15 is 0 Å². The zero-order chi connectivity index (χ0) is 11.4. The van der Waals surface area contributed by atoms with Gasteiger partial charge in [0, 0.05) is 5.92 Å². The van der Waals surface area contributed by atoms with Crippen molar-refractivity contribution < 1.29 is 9.50 Å². The molecular formula is C11H15BrFNO. The summed E-state index contributed by atoms with van der Waals surface area (Å²) in [4.78, 5) is 0. The number of aliphatic hydroxyl groups excluding tert-OH is 1. The molecule has 0 heterocycles. The number of hydrogen-bond acceptors (Lipinski definition) is 2. The van der Waals surface area contributed by atoms with Crippen molar-refractivity contribution >= 4 is 15.9 Å². The molecule has 2 unspecified atom stereocenters. The van der Waals surface area contributed by atoms with Gasteiger partial charge in [-0.2, -0.15) is 0 Å². The van der Waals surface area contributed by atoms with Crippen LogP contribution in [0.3, 0.4) is 0 Å². The largest absolute Gasteiger partial charge is 0.388 e. The summed E-state index contributed by atoms with van der Waals surface area (Å²) in [5.74, 6) is -0.311. The van der Waals surface area contributed by atoms with Gasteiger partial charge in [-0.15, -0.1) is 0 Å². The molecule has 1 aromatic rings. The molecule has 0 amide bonds. The molecule has 2 nitrogen and oxygen atoms in total. The van der Waals surface area contributed by atoms with E-state index in [9.17, 15) is 9.50 Å². The highest BCUT2D eigenvalue weighted by Crippen LogP contribution is 2.27. The second-order valence-electron chi connectivity index (χ2n) is 3.52. The van der Waals surface area contributed by atoms with Crippen molar-refractivity contribution in [3.8, 4) is 0 Å². The Bertz CT molecular complexity index is 328. The topological polar surface area (TPSA) is 46.2 Å². The van der Waals surface area contributed by atoms with Crippen LogP contribution < -0.4 is 5.73 Å². The van der Waals surface area contributed by atoms with Crippen LogP contribution in [0.15, 0.2) is 22.7 Å². The van der Waals surface area contributed by atoms with E-state index in [4.69, 9.17) is 5.73 Å². The minimum atomic E-state index is -0.628. The van der Waals surface area contributed by atoms with Gasteiger partial charge in [0.05, 0.1) is 10.6 Å². The number of aliphatic hydroxyl groups is 1. The molecule has 3 N–H and O–H groups in total. The first-order valence-electron chi connectivity index (χ1n) is 4.93. The summed E-state index contributed by atoms with van der Waals surface area (Å²) >= 11 is 3.09. The number of halogens is 2. The van der Waals surface area contributed by atoms with Gasteiger partial charge in [-0.05, 0) is 46.6 Å². The van der Waals surface area contributed by atoms with Crippen LogP contribution in [0.25, 0.3) is 0 Å². The van der Waals surface area contributed by atoms with Crippen LogP contribution >= 0.6 is 15.9 Å². The summed E-state index contributed by atoms with van der Waals surface area (Å²) < 4.78 is 13.3. The zero-order valence-electron chi connectivity index (χ0n) is 8.58. The molecule has 0 aliphatic rings. The third-order valence-electron chi connectivity index (χ3n) is 2.56. The Labute approximate surface area is 97.4 Å². The SMILES string of the molecule is CCC(CN)C(O)c1ccc(F)c(Br)c1. The van der Waals surface area contributed by atoms with Gasteiger partial charge in [0.2, 0.25) is 0 Å². The van der Waals surface area contributed by atoms with Gasteiger partial charge >= 0.3 is 0 Å². The molecule has 15 heavy (non-hydrogen) atoms. The minimum absolute atomic E-state index is 0.0161. The number of benzene rings is 1. The molecule has 1 aromatic carbocycles. The third-order valence-corrected chi connectivity index (χ3v) is 3.17. The van der Waals surface area contributed by atoms with Crippen LogP contribution in [0.5, 0.6) is 0 Å². The first-order valence-corrected chi connectivity index (χ1v) is 5.72. The molecule has 0 fully saturated rings. The lowest BCUT2D eigenvalue weighted by molar-refractivity contribution is 0.110. The summed E-state index contributed by atoms with van der Waals surface area (Å²) in [5, 5.41) is 9.97. The summed E-state index contributed by atoms with van der Waals surface area (Å²) in [6, 6.07) is 4.52. The Balaban J connectivity index is 2.90. The highest BCUT2D eigenvalue weighted by Gasteiger charge is 2.18. The first kappa shape index (κ1) is 12.6. The molecule has 0 aromatic heterocycles. The van der Waals surface area contributed by atoms with Gasteiger partial charge in [0.15, 0.2) is 0 Å². The molecule has 0 radical (unpaired) electrons. The standard InChI is InChI=1S/C11H15BrFNO/c1-2-7(6-14)11(15)8-3-4-10(13)9(12)5-8/h3-5,7,11,15H,2,6,14H2,1H3. The monoisotopic (exact) mass is 275 g/mol. The Morgan fingerprint density at radius 3 is 2.67 bits per heavy atom. The Hall–Kier alpha value is -0.450. The quantitative estimate of drug-likeness (QED) is 0.888. The maximum absolute atomic E-state index is 13.0. The van der Waals surface area contributed by atoms with Gasteiger partial charge in [-0.25, -0.2) is 4.39 Å². The molecule has 0 aliphatic heterocycles. The fourth-order valence-electron chi connectivity index (χ4n) is 1.49. The van der Waals surface area contributed by atoms with Crippen molar-refractivity contribution in [3.05, 3.63) is 34.1 Å². The molecule has 0 bridgehead atoms. The van der Waals surface area contributed by atoms with E-state index < -0.39 is 6.10 Å². The van der Waals surface area contributed by atoms with Crippen molar-refractivity contribution in [3.63, 3.8) is 0 Å². The van der Waals surface area contributed by atoms with Gasteiger partial charge in [-0.3, -0.25) is 0 Å². The molecule has 0 saturated carbocycles. The average Bonchev–Trinajstić information content (AvgIpc) is 2.23. The summed E-state index contributed by atoms with van der Waals surface area (Å²) in [6.45, 7) is 2.39. The summed E-state index contributed by atoms with van der Waals surface area (Å²) in [6.07, 6.45) is 0.170. The lowest BCUT2D eigenvalue weighted by Gasteiger charge is -2.20. The molecule has 2 atom stereocenters. The highest BCUT2D eigenvalue weighted by atomic mass is 79.9. The predicted octanol–water partition coefficient (Wildman–Crippen LogP) is 2.61. The van der Waals surface area contributed by atoms with Crippen LogP contribution in [0, 0.1) is 11.7 Å². The Morgan fingerprint density at radius 1 is 1.53 bits per heavy atom. The first-order chi connectivity index (χ1) is 7.10. The maximum atomic E-state index is 13.0. The molecule has 0 spiro atoms. The second-order valence-corrected chi connectivity index (χ2v) is 4.38. The fraction of sp³-hybridized carbons (Fsp3) is 0.455. The Morgan fingerprint density at radius 2 is 2.20 bits per heavy atom. The van der Waals surface area contributed by atoms with Crippen LogP contribution in [-0.2, 0) is 0 Å². The van der Waals surface area contributed by atoms with Crippen LogP contribution in [0.2, 0.25) is 0 Å². The maximum Gasteiger partial charge on any atom is 0.137 e. The van der Waals surface area contributed by atoms with E-state index in [1.54, 1.807) is 12.1 Å². The minimum Gasteiger partial charge on any atom is -0.388 e.